The molecule has 0 unspecified atom stereocenters. The molecule has 4 aromatic rings. The van der Waals surface area contributed by atoms with E-state index in [4.69, 9.17) is 5.11 Å². The number of hydrogen-bond acceptors (Lipinski definition) is 4. The van der Waals surface area contributed by atoms with Crippen LogP contribution < -0.4 is 10.6 Å². The third-order valence-electron chi connectivity index (χ3n) is 5.72. The van der Waals surface area contributed by atoms with Gasteiger partial charge in [-0.15, -0.1) is 11.3 Å². The summed E-state index contributed by atoms with van der Waals surface area (Å²) >= 11 is 1.64. The summed E-state index contributed by atoms with van der Waals surface area (Å²) < 4.78 is 0. The normalized spacial score (nSPS) is 11.4. The second kappa shape index (κ2) is 12.0. The van der Waals surface area contributed by atoms with Crippen LogP contribution >= 0.6 is 11.3 Å². The third-order valence-corrected chi connectivity index (χ3v) is 6.64. The molecule has 1 aromatic heterocycles. The first-order chi connectivity index (χ1) is 17.5. The zero-order chi connectivity index (χ0) is 25.3. The molecule has 0 saturated heterocycles. The minimum atomic E-state index is -1.03. The number of carboxylic acid groups (broad SMARTS) is 1. The molecule has 4 rings (SSSR count). The fourth-order valence-corrected chi connectivity index (χ4v) is 4.54. The van der Waals surface area contributed by atoms with Crippen molar-refractivity contribution in [2.45, 2.75) is 25.4 Å². The van der Waals surface area contributed by atoms with E-state index < -0.39 is 23.8 Å². The van der Waals surface area contributed by atoms with E-state index in [0.717, 1.165) is 27.1 Å². The number of benzene rings is 3. The molecule has 0 aliphatic rings. The number of carboxylic acids is 1. The lowest BCUT2D eigenvalue weighted by Gasteiger charge is -2.18. The number of thiophene rings is 1. The lowest BCUT2D eigenvalue weighted by Crippen LogP contribution is -2.46. The number of carbonyl (C=O) groups excluding carboxylic acids is 2. The molecule has 36 heavy (non-hydrogen) atoms. The topological polar surface area (TPSA) is 95.5 Å². The predicted octanol–water partition coefficient (Wildman–Crippen LogP) is 5.36. The van der Waals surface area contributed by atoms with Gasteiger partial charge in [-0.1, -0.05) is 66.7 Å². The van der Waals surface area contributed by atoms with Gasteiger partial charge < -0.3 is 15.7 Å². The molecule has 3 aromatic carbocycles. The maximum Gasteiger partial charge on any atom is 0.303 e. The van der Waals surface area contributed by atoms with Gasteiger partial charge >= 0.3 is 5.97 Å². The average Bonchev–Trinajstić information content (AvgIpc) is 3.45. The van der Waals surface area contributed by atoms with Gasteiger partial charge in [-0.05, 0) is 58.3 Å². The van der Waals surface area contributed by atoms with Crippen molar-refractivity contribution in [3.05, 3.63) is 108 Å². The minimum Gasteiger partial charge on any atom is -0.481 e. The van der Waals surface area contributed by atoms with Crippen LogP contribution in [0.25, 0.3) is 21.6 Å². The van der Waals surface area contributed by atoms with Crippen LogP contribution in [0.4, 0.5) is 0 Å². The van der Waals surface area contributed by atoms with E-state index in [9.17, 15) is 14.4 Å². The van der Waals surface area contributed by atoms with E-state index in [-0.39, 0.29) is 19.4 Å². The quantitative estimate of drug-likeness (QED) is 0.274. The van der Waals surface area contributed by atoms with Gasteiger partial charge in [0.15, 0.2) is 0 Å². The van der Waals surface area contributed by atoms with Gasteiger partial charge in [-0.3, -0.25) is 14.4 Å². The molecule has 0 saturated carbocycles. The molecule has 1 heterocycles. The molecule has 0 fully saturated rings. The van der Waals surface area contributed by atoms with Gasteiger partial charge in [-0.25, -0.2) is 0 Å². The molecule has 0 aliphatic heterocycles. The van der Waals surface area contributed by atoms with Crippen molar-refractivity contribution in [3.63, 3.8) is 0 Å². The van der Waals surface area contributed by atoms with Gasteiger partial charge in [-0.2, -0.15) is 0 Å². The van der Waals surface area contributed by atoms with Gasteiger partial charge in [0.25, 0.3) is 5.91 Å². The highest BCUT2D eigenvalue weighted by molar-refractivity contribution is 7.13. The summed E-state index contributed by atoms with van der Waals surface area (Å²) in [5, 5.41) is 16.7. The van der Waals surface area contributed by atoms with Crippen molar-refractivity contribution in [1.29, 1.82) is 0 Å². The van der Waals surface area contributed by atoms with Crippen molar-refractivity contribution in [1.82, 2.24) is 10.6 Å². The summed E-state index contributed by atoms with van der Waals surface area (Å²) in [6.45, 7) is 0.267. The van der Waals surface area contributed by atoms with Gasteiger partial charge in [0.05, 0.1) is 0 Å². The molecule has 6 nitrogen and oxygen atoms in total. The van der Waals surface area contributed by atoms with Crippen LogP contribution in [0.5, 0.6) is 0 Å². The molecule has 0 bridgehead atoms. The minimum absolute atomic E-state index is 0.00968. The van der Waals surface area contributed by atoms with Crippen LogP contribution in [0, 0.1) is 0 Å². The number of amides is 2. The standard InChI is InChI=1S/C29H26N2O4S/c32-27(33)16-15-25(29(35)30-19-20-6-4-9-24(18-20)26-10-5-17-36-26)31-28(34)23-13-11-22(12-14-23)21-7-2-1-3-8-21/h1-14,17-18,25H,15-16,19H2,(H,30,35)(H,31,34)(H,32,33)/t25-/m0/s1. The van der Waals surface area contributed by atoms with Crippen LogP contribution in [-0.2, 0) is 16.1 Å². The van der Waals surface area contributed by atoms with Crippen molar-refractivity contribution in [2.24, 2.45) is 0 Å². The first-order valence-corrected chi connectivity index (χ1v) is 12.5. The van der Waals surface area contributed by atoms with Gasteiger partial charge in [0.2, 0.25) is 5.91 Å². The summed E-state index contributed by atoms with van der Waals surface area (Å²) in [5.41, 5.74) is 4.37. The molecule has 0 spiro atoms. The Hall–Kier alpha value is -4.23. The van der Waals surface area contributed by atoms with E-state index in [0.29, 0.717) is 5.56 Å². The molecule has 1 atom stereocenters. The lowest BCUT2D eigenvalue weighted by molar-refractivity contribution is -0.137. The smallest absolute Gasteiger partial charge is 0.303 e. The fourth-order valence-electron chi connectivity index (χ4n) is 3.81. The van der Waals surface area contributed by atoms with E-state index in [2.05, 4.69) is 10.6 Å². The molecule has 3 N–H and O–H groups in total. The van der Waals surface area contributed by atoms with Crippen molar-refractivity contribution in [2.75, 3.05) is 0 Å². The monoisotopic (exact) mass is 498 g/mol. The fraction of sp³-hybridized carbons (Fsp3) is 0.138. The Morgan fingerprint density at radius 2 is 1.53 bits per heavy atom. The number of rotatable bonds is 10. The van der Waals surface area contributed by atoms with E-state index >= 15 is 0 Å². The zero-order valence-electron chi connectivity index (χ0n) is 19.5. The van der Waals surface area contributed by atoms with Gasteiger partial charge in [0, 0.05) is 23.4 Å². The Bertz CT molecular complexity index is 1320. The SMILES string of the molecule is O=C(O)CC[C@H](NC(=O)c1ccc(-c2ccccc2)cc1)C(=O)NCc1cccc(-c2cccs2)c1. The van der Waals surface area contributed by atoms with Crippen molar-refractivity contribution >= 4 is 29.1 Å². The van der Waals surface area contributed by atoms with Crippen LogP contribution in [0.3, 0.4) is 0 Å². The Balaban J connectivity index is 1.41. The number of aliphatic carboxylic acids is 1. The van der Waals surface area contributed by atoms with Crippen LogP contribution in [0.1, 0.15) is 28.8 Å². The molecular formula is C29H26N2O4S. The highest BCUT2D eigenvalue weighted by atomic mass is 32.1. The maximum atomic E-state index is 12.9. The molecule has 0 radical (unpaired) electrons. The van der Waals surface area contributed by atoms with E-state index in [1.165, 1.54) is 0 Å². The second-order valence-electron chi connectivity index (χ2n) is 8.30. The van der Waals surface area contributed by atoms with Gasteiger partial charge in [0.1, 0.15) is 6.04 Å². The van der Waals surface area contributed by atoms with Crippen molar-refractivity contribution in [3.8, 4) is 21.6 Å². The Morgan fingerprint density at radius 1 is 0.806 bits per heavy atom. The number of nitrogens with one attached hydrogen (secondary N) is 2. The summed E-state index contributed by atoms with van der Waals surface area (Å²) in [6, 6.07) is 27.8. The Labute approximate surface area is 213 Å². The zero-order valence-corrected chi connectivity index (χ0v) is 20.3. The Kier molecular flexibility index (Phi) is 8.26. The summed E-state index contributed by atoms with van der Waals surface area (Å²) in [4.78, 5) is 38.1. The Morgan fingerprint density at radius 3 is 2.22 bits per heavy atom. The van der Waals surface area contributed by atoms with Crippen LogP contribution in [0.2, 0.25) is 0 Å². The number of hydrogen-bond donors (Lipinski definition) is 3. The lowest BCUT2D eigenvalue weighted by atomic mass is 10.0. The average molecular weight is 499 g/mol. The first-order valence-electron chi connectivity index (χ1n) is 11.6. The first kappa shape index (κ1) is 24.9. The summed E-state index contributed by atoms with van der Waals surface area (Å²) in [6.07, 6.45) is -0.247. The number of carbonyl (C=O) groups is 3. The molecule has 0 aliphatic carbocycles. The molecular weight excluding hydrogens is 472 g/mol. The molecule has 182 valence electrons. The van der Waals surface area contributed by atoms with Crippen molar-refractivity contribution < 1.29 is 19.5 Å². The van der Waals surface area contributed by atoms with Crippen LogP contribution in [-0.4, -0.2) is 28.9 Å². The molecule has 7 heteroatoms. The highest BCUT2D eigenvalue weighted by Crippen LogP contribution is 2.25. The largest absolute Gasteiger partial charge is 0.481 e. The van der Waals surface area contributed by atoms with Crippen LogP contribution in [0.15, 0.2) is 96.4 Å². The third kappa shape index (κ3) is 6.67. The van der Waals surface area contributed by atoms with E-state index in [1.807, 2.05) is 84.2 Å². The summed E-state index contributed by atoms with van der Waals surface area (Å²) in [7, 11) is 0. The van der Waals surface area contributed by atoms with E-state index in [1.54, 1.807) is 23.5 Å². The molecule has 2 amide bonds. The summed E-state index contributed by atoms with van der Waals surface area (Å²) in [5.74, 6) is -1.88. The second-order valence-corrected chi connectivity index (χ2v) is 9.25. The highest BCUT2D eigenvalue weighted by Gasteiger charge is 2.22. The maximum absolute atomic E-state index is 12.9. The predicted molar refractivity (Wildman–Crippen MR) is 142 cm³/mol.